The lowest BCUT2D eigenvalue weighted by Gasteiger charge is -2.25. The van der Waals surface area contributed by atoms with Crippen LogP contribution in [0.5, 0.6) is 0 Å². The molecule has 0 saturated heterocycles. The van der Waals surface area contributed by atoms with Crippen molar-refractivity contribution in [2.24, 2.45) is 5.92 Å². The third kappa shape index (κ3) is 1.63. The summed E-state index contributed by atoms with van der Waals surface area (Å²) in [5.41, 5.74) is 1.05. The summed E-state index contributed by atoms with van der Waals surface area (Å²) in [5.74, 6) is 0.696. The Kier molecular flexibility index (Phi) is 2.15. The van der Waals surface area contributed by atoms with Crippen LogP contribution in [0.15, 0.2) is 24.4 Å². The van der Waals surface area contributed by atoms with Crippen molar-refractivity contribution in [1.82, 2.24) is 5.32 Å². The molecule has 0 fully saturated rings. The lowest BCUT2D eigenvalue weighted by molar-refractivity contribution is 0.430. The number of allylic oxidation sites excluding steroid dienone is 1. The van der Waals surface area contributed by atoms with Crippen LogP contribution in [0.1, 0.15) is 20.3 Å². The van der Waals surface area contributed by atoms with Crippen molar-refractivity contribution >= 4 is 0 Å². The van der Waals surface area contributed by atoms with E-state index in [4.69, 9.17) is 0 Å². The zero-order chi connectivity index (χ0) is 7.56. The molecule has 0 aromatic heterocycles. The molecular weight excluding hydrogens is 122 g/mol. The van der Waals surface area contributed by atoms with Gasteiger partial charge in [0.15, 0.2) is 0 Å². The van der Waals surface area contributed by atoms with Crippen LogP contribution in [0.2, 0.25) is 0 Å². The Hall–Kier alpha value is -0.720. The summed E-state index contributed by atoms with van der Waals surface area (Å²) in [6.45, 7) is 8.30. The van der Waals surface area contributed by atoms with Crippen molar-refractivity contribution in [2.45, 2.75) is 26.3 Å². The predicted octanol–water partition coefficient (Wildman–Crippen LogP) is 2.07. The van der Waals surface area contributed by atoms with E-state index in [0.29, 0.717) is 12.0 Å². The van der Waals surface area contributed by atoms with Crippen LogP contribution in [0.3, 0.4) is 0 Å². The van der Waals surface area contributed by atoms with E-state index in [1.54, 1.807) is 0 Å². The molecule has 1 heterocycles. The fraction of sp³-hybridized carbons (Fsp3) is 0.556. The zero-order valence-electron chi connectivity index (χ0n) is 6.72. The molecule has 1 heteroatoms. The quantitative estimate of drug-likeness (QED) is 0.583. The van der Waals surface area contributed by atoms with Crippen LogP contribution in [0.4, 0.5) is 0 Å². The topological polar surface area (TPSA) is 12.0 Å². The second kappa shape index (κ2) is 2.91. The molecule has 1 unspecified atom stereocenters. The van der Waals surface area contributed by atoms with Crippen molar-refractivity contribution in [2.75, 3.05) is 0 Å². The Morgan fingerprint density at radius 1 is 1.70 bits per heavy atom. The molecule has 10 heavy (non-hydrogen) atoms. The van der Waals surface area contributed by atoms with Crippen LogP contribution in [-0.2, 0) is 0 Å². The van der Waals surface area contributed by atoms with Gasteiger partial charge in [-0.15, -0.1) is 0 Å². The van der Waals surface area contributed by atoms with E-state index in [-0.39, 0.29) is 0 Å². The normalized spacial score (nSPS) is 25.1. The molecule has 0 aromatic carbocycles. The summed E-state index contributed by atoms with van der Waals surface area (Å²) in [5, 5.41) is 3.33. The van der Waals surface area contributed by atoms with Gasteiger partial charge >= 0.3 is 0 Å². The molecule has 1 N–H and O–H groups in total. The number of rotatable bonds is 1. The Labute approximate surface area is 62.8 Å². The maximum Gasteiger partial charge on any atom is 0.0318 e. The smallest absolute Gasteiger partial charge is 0.0318 e. The highest BCUT2D eigenvalue weighted by Crippen LogP contribution is 2.12. The minimum atomic E-state index is 0.595. The van der Waals surface area contributed by atoms with E-state index in [1.807, 2.05) is 6.08 Å². The second-order valence-corrected chi connectivity index (χ2v) is 3.16. The number of nitrogens with one attached hydrogen (secondary N) is 1. The summed E-state index contributed by atoms with van der Waals surface area (Å²) < 4.78 is 0. The van der Waals surface area contributed by atoms with E-state index in [0.717, 1.165) is 12.1 Å². The van der Waals surface area contributed by atoms with Gasteiger partial charge in [-0.2, -0.15) is 0 Å². The van der Waals surface area contributed by atoms with Crippen LogP contribution in [0.25, 0.3) is 0 Å². The fourth-order valence-electron chi connectivity index (χ4n) is 1.14. The molecule has 1 aliphatic rings. The molecule has 0 saturated carbocycles. The molecule has 0 amide bonds. The van der Waals surface area contributed by atoms with Crippen molar-refractivity contribution in [3.05, 3.63) is 24.4 Å². The van der Waals surface area contributed by atoms with E-state index < -0.39 is 0 Å². The summed E-state index contributed by atoms with van der Waals surface area (Å²) in [6, 6.07) is 0.595. The van der Waals surface area contributed by atoms with Gasteiger partial charge < -0.3 is 5.32 Å². The SMILES string of the molecule is C=C1C=CCC(C(C)C)N1. The molecule has 0 radical (unpaired) electrons. The molecule has 1 aliphatic heterocycles. The highest BCUT2D eigenvalue weighted by atomic mass is 14.9. The minimum Gasteiger partial charge on any atom is -0.382 e. The Morgan fingerprint density at radius 2 is 2.40 bits per heavy atom. The van der Waals surface area contributed by atoms with Crippen molar-refractivity contribution in [3.63, 3.8) is 0 Å². The van der Waals surface area contributed by atoms with Gasteiger partial charge in [-0.05, 0) is 18.4 Å². The first-order valence-corrected chi connectivity index (χ1v) is 3.82. The van der Waals surface area contributed by atoms with E-state index >= 15 is 0 Å². The Morgan fingerprint density at radius 3 is 2.80 bits per heavy atom. The monoisotopic (exact) mass is 137 g/mol. The van der Waals surface area contributed by atoms with Crippen molar-refractivity contribution in [1.29, 1.82) is 0 Å². The first-order chi connectivity index (χ1) is 4.70. The van der Waals surface area contributed by atoms with Gasteiger partial charge in [0.2, 0.25) is 0 Å². The summed E-state index contributed by atoms with van der Waals surface area (Å²) in [4.78, 5) is 0. The lowest BCUT2D eigenvalue weighted by Crippen LogP contribution is -2.33. The van der Waals surface area contributed by atoms with Gasteiger partial charge in [0.05, 0.1) is 0 Å². The number of hydrogen-bond acceptors (Lipinski definition) is 1. The summed E-state index contributed by atoms with van der Waals surface area (Å²) >= 11 is 0. The molecule has 1 rings (SSSR count). The van der Waals surface area contributed by atoms with Crippen molar-refractivity contribution in [3.8, 4) is 0 Å². The average molecular weight is 137 g/mol. The van der Waals surface area contributed by atoms with Gasteiger partial charge in [-0.3, -0.25) is 0 Å². The first kappa shape index (κ1) is 7.39. The number of hydrogen-bond donors (Lipinski definition) is 1. The van der Waals surface area contributed by atoms with E-state index in [1.165, 1.54) is 0 Å². The third-order valence-corrected chi connectivity index (χ3v) is 1.88. The largest absolute Gasteiger partial charge is 0.382 e. The van der Waals surface area contributed by atoms with Crippen LogP contribution >= 0.6 is 0 Å². The van der Waals surface area contributed by atoms with E-state index in [9.17, 15) is 0 Å². The van der Waals surface area contributed by atoms with Gasteiger partial charge in [-0.25, -0.2) is 0 Å². The van der Waals surface area contributed by atoms with Crippen LogP contribution < -0.4 is 5.32 Å². The Balaban J connectivity index is 2.52. The molecular formula is C9H15N. The highest BCUT2D eigenvalue weighted by Gasteiger charge is 2.13. The van der Waals surface area contributed by atoms with Crippen LogP contribution in [-0.4, -0.2) is 6.04 Å². The standard InChI is InChI=1S/C9H15N/c1-7(2)9-6-4-5-8(3)10-9/h4-5,7,9-10H,3,6H2,1-2H3. The molecule has 1 atom stereocenters. The minimum absolute atomic E-state index is 0.595. The van der Waals surface area contributed by atoms with Gasteiger partial charge in [-0.1, -0.05) is 26.5 Å². The second-order valence-electron chi connectivity index (χ2n) is 3.16. The van der Waals surface area contributed by atoms with Gasteiger partial charge in [0.1, 0.15) is 0 Å². The van der Waals surface area contributed by atoms with Gasteiger partial charge in [0, 0.05) is 11.7 Å². The molecule has 1 nitrogen and oxygen atoms in total. The first-order valence-electron chi connectivity index (χ1n) is 3.82. The van der Waals surface area contributed by atoms with Crippen LogP contribution in [0, 0.1) is 5.92 Å². The maximum atomic E-state index is 3.85. The maximum absolute atomic E-state index is 3.85. The molecule has 0 aromatic rings. The summed E-state index contributed by atoms with van der Waals surface area (Å²) in [6.07, 6.45) is 5.36. The molecule has 56 valence electrons. The molecule has 0 bridgehead atoms. The highest BCUT2D eigenvalue weighted by molar-refractivity contribution is 5.17. The van der Waals surface area contributed by atoms with Crippen molar-refractivity contribution < 1.29 is 0 Å². The summed E-state index contributed by atoms with van der Waals surface area (Å²) in [7, 11) is 0. The molecule has 0 aliphatic carbocycles. The van der Waals surface area contributed by atoms with E-state index in [2.05, 4.69) is 31.8 Å². The fourth-order valence-corrected chi connectivity index (χ4v) is 1.14. The third-order valence-electron chi connectivity index (χ3n) is 1.88. The lowest BCUT2D eigenvalue weighted by atomic mass is 9.98. The average Bonchev–Trinajstić information content (AvgIpc) is 1.88. The van der Waals surface area contributed by atoms with Gasteiger partial charge in [0.25, 0.3) is 0 Å². The Bertz CT molecular complexity index is 156. The molecule has 0 spiro atoms. The predicted molar refractivity (Wildman–Crippen MR) is 44.7 cm³/mol. The zero-order valence-corrected chi connectivity index (χ0v) is 6.72.